The molecule has 3 rings (SSSR count). The van der Waals surface area contributed by atoms with E-state index in [2.05, 4.69) is 28.6 Å². The van der Waals surface area contributed by atoms with Gasteiger partial charge < -0.3 is 14.8 Å². The van der Waals surface area contributed by atoms with Crippen LogP contribution in [0.5, 0.6) is 11.5 Å². The molecule has 1 amide bonds. The molecule has 0 spiro atoms. The van der Waals surface area contributed by atoms with E-state index in [9.17, 15) is 4.79 Å². The fourth-order valence-corrected chi connectivity index (χ4v) is 4.86. The zero-order valence-electron chi connectivity index (χ0n) is 17.7. The van der Waals surface area contributed by atoms with Gasteiger partial charge in [-0.15, -0.1) is 11.3 Å². The number of amides is 1. The number of nitrogens with one attached hydrogen (secondary N) is 1. The number of hydrogen-bond acceptors (Lipinski definition) is 5. The first-order valence-electron chi connectivity index (χ1n) is 10.3. The molecule has 1 fully saturated rings. The van der Waals surface area contributed by atoms with Gasteiger partial charge in [-0.1, -0.05) is 0 Å². The first-order valence-corrected chi connectivity index (χ1v) is 11.2. The second kappa shape index (κ2) is 10.6. The molecule has 0 aliphatic carbocycles. The number of rotatable bonds is 9. The van der Waals surface area contributed by atoms with Gasteiger partial charge in [0.05, 0.1) is 14.2 Å². The van der Waals surface area contributed by atoms with Crippen LogP contribution in [0.3, 0.4) is 0 Å². The van der Waals surface area contributed by atoms with Crippen molar-refractivity contribution in [1.82, 2.24) is 10.2 Å². The van der Waals surface area contributed by atoms with E-state index >= 15 is 0 Å². The molecule has 0 bridgehead atoms. The van der Waals surface area contributed by atoms with Crippen LogP contribution in [0.2, 0.25) is 0 Å². The second-order valence-corrected chi connectivity index (χ2v) is 8.76. The number of aryl methyl sites for hydroxylation is 1. The molecule has 2 heterocycles. The molecule has 1 atom stereocenters. The quantitative estimate of drug-likeness (QED) is 0.659. The lowest BCUT2D eigenvalue weighted by Crippen LogP contribution is -2.35. The number of benzene rings is 1. The van der Waals surface area contributed by atoms with Crippen LogP contribution in [-0.4, -0.2) is 38.1 Å². The molecular weight excluding hydrogens is 384 g/mol. The maximum Gasteiger partial charge on any atom is 0.220 e. The average molecular weight is 417 g/mol. The van der Waals surface area contributed by atoms with Crippen LogP contribution in [0.1, 0.15) is 41.7 Å². The Bertz CT molecular complexity index is 805. The van der Waals surface area contributed by atoms with Gasteiger partial charge in [0.2, 0.25) is 5.91 Å². The number of methoxy groups -OCH3 is 2. The van der Waals surface area contributed by atoms with Crippen LogP contribution in [0.15, 0.2) is 29.6 Å². The first-order chi connectivity index (χ1) is 14.1. The highest BCUT2D eigenvalue weighted by molar-refractivity contribution is 7.10. The molecule has 6 heteroatoms. The summed E-state index contributed by atoms with van der Waals surface area (Å²) in [5.74, 6) is 2.19. The summed E-state index contributed by atoms with van der Waals surface area (Å²) in [7, 11) is 3.26. The highest BCUT2D eigenvalue weighted by Crippen LogP contribution is 2.26. The lowest BCUT2D eigenvalue weighted by Gasteiger charge is -2.32. The van der Waals surface area contributed by atoms with Crippen molar-refractivity contribution in [2.75, 3.05) is 27.3 Å². The third-order valence-electron chi connectivity index (χ3n) is 5.69. The normalized spacial score (nSPS) is 17.1. The number of carbonyl (C=O) groups is 1. The standard InChI is InChI=1S/C23H32N2O3S/c1-17-10-12-29-22(17)16-25-11-4-5-18(15-25)6-9-23(26)24-14-19-7-8-20(27-2)13-21(19)28-3/h7-8,10,12-13,18H,4-6,9,11,14-16H2,1-3H3,(H,24,26). The monoisotopic (exact) mass is 416 g/mol. The van der Waals surface area contributed by atoms with Gasteiger partial charge in [-0.3, -0.25) is 9.69 Å². The van der Waals surface area contributed by atoms with Crippen molar-refractivity contribution in [1.29, 1.82) is 0 Å². The molecule has 1 aromatic heterocycles. The molecule has 1 aliphatic rings. The van der Waals surface area contributed by atoms with Crippen molar-refractivity contribution in [3.63, 3.8) is 0 Å². The summed E-state index contributed by atoms with van der Waals surface area (Å²) in [6.07, 6.45) is 3.97. The molecule has 2 aromatic rings. The van der Waals surface area contributed by atoms with Crippen LogP contribution >= 0.6 is 11.3 Å². The van der Waals surface area contributed by atoms with E-state index in [1.807, 2.05) is 29.5 Å². The summed E-state index contributed by atoms with van der Waals surface area (Å²) < 4.78 is 10.6. The van der Waals surface area contributed by atoms with Crippen LogP contribution in [-0.2, 0) is 17.9 Å². The third-order valence-corrected chi connectivity index (χ3v) is 6.70. The molecule has 29 heavy (non-hydrogen) atoms. The minimum atomic E-state index is 0.106. The fraction of sp³-hybridized carbons (Fsp3) is 0.522. The molecular formula is C23H32N2O3S. The smallest absolute Gasteiger partial charge is 0.220 e. The summed E-state index contributed by atoms with van der Waals surface area (Å²) in [5.41, 5.74) is 2.35. The number of hydrogen-bond donors (Lipinski definition) is 1. The Hall–Kier alpha value is -2.05. The predicted molar refractivity (Wildman–Crippen MR) is 118 cm³/mol. The Morgan fingerprint density at radius 3 is 2.86 bits per heavy atom. The van der Waals surface area contributed by atoms with Gasteiger partial charge >= 0.3 is 0 Å². The van der Waals surface area contributed by atoms with Crippen molar-refractivity contribution in [2.24, 2.45) is 5.92 Å². The summed E-state index contributed by atoms with van der Waals surface area (Å²) >= 11 is 1.85. The molecule has 158 valence electrons. The zero-order valence-corrected chi connectivity index (χ0v) is 18.5. The Balaban J connectivity index is 1.42. The van der Waals surface area contributed by atoms with Gasteiger partial charge in [0, 0.05) is 42.6 Å². The van der Waals surface area contributed by atoms with Crippen LogP contribution < -0.4 is 14.8 Å². The summed E-state index contributed by atoms with van der Waals surface area (Å²) in [4.78, 5) is 16.4. The Morgan fingerprint density at radius 2 is 2.14 bits per heavy atom. The Kier molecular flexibility index (Phi) is 7.95. The summed E-state index contributed by atoms with van der Waals surface area (Å²) in [5, 5.41) is 5.21. The fourth-order valence-electron chi connectivity index (χ4n) is 3.92. The number of nitrogens with zero attached hydrogens (tertiary/aromatic N) is 1. The number of ether oxygens (including phenoxy) is 2. The minimum absolute atomic E-state index is 0.106. The SMILES string of the molecule is COc1ccc(CNC(=O)CCC2CCCN(Cc3sccc3C)C2)c(OC)c1. The molecule has 1 N–H and O–H groups in total. The maximum atomic E-state index is 12.4. The van der Waals surface area contributed by atoms with Crippen LogP contribution in [0.25, 0.3) is 0 Å². The number of piperidine rings is 1. The van der Waals surface area contributed by atoms with Crippen LogP contribution in [0, 0.1) is 12.8 Å². The van der Waals surface area contributed by atoms with E-state index in [-0.39, 0.29) is 5.91 Å². The van der Waals surface area contributed by atoms with Gasteiger partial charge in [-0.25, -0.2) is 0 Å². The average Bonchev–Trinajstić information content (AvgIpc) is 3.15. The van der Waals surface area contributed by atoms with E-state index in [0.29, 0.717) is 18.9 Å². The predicted octanol–water partition coefficient (Wildman–Crippen LogP) is 4.38. The molecule has 0 saturated carbocycles. The highest BCUT2D eigenvalue weighted by atomic mass is 32.1. The Morgan fingerprint density at radius 1 is 1.28 bits per heavy atom. The van der Waals surface area contributed by atoms with E-state index in [1.54, 1.807) is 14.2 Å². The number of likely N-dealkylation sites (tertiary alicyclic amines) is 1. The summed E-state index contributed by atoms with van der Waals surface area (Å²) in [6, 6.07) is 7.86. The number of thiophene rings is 1. The second-order valence-electron chi connectivity index (χ2n) is 7.76. The van der Waals surface area contributed by atoms with Gasteiger partial charge in [-0.05, 0) is 67.8 Å². The topological polar surface area (TPSA) is 50.8 Å². The molecule has 1 aromatic carbocycles. The molecule has 0 radical (unpaired) electrons. The van der Waals surface area contributed by atoms with Crippen molar-refractivity contribution in [3.8, 4) is 11.5 Å². The van der Waals surface area contributed by atoms with E-state index < -0.39 is 0 Å². The molecule has 1 unspecified atom stereocenters. The van der Waals surface area contributed by atoms with Gasteiger partial charge in [0.25, 0.3) is 0 Å². The third kappa shape index (κ3) is 6.21. The van der Waals surface area contributed by atoms with Gasteiger partial charge in [0.1, 0.15) is 11.5 Å². The van der Waals surface area contributed by atoms with Gasteiger partial charge in [0.15, 0.2) is 0 Å². The van der Waals surface area contributed by atoms with Crippen LogP contribution in [0.4, 0.5) is 0 Å². The largest absolute Gasteiger partial charge is 0.497 e. The molecule has 1 saturated heterocycles. The Labute approximate surface area is 178 Å². The first kappa shape index (κ1) is 21.7. The molecule has 5 nitrogen and oxygen atoms in total. The summed E-state index contributed by atoms with van der Waals surface area (Å²) in [6.45, 7) is 5.97. The van der Waals surface area contributed by atoms with Gasteiger partial charge in [-0.2, -0.15) is 0 Å². The highest BCUT2D eigenvalue weighted by Gasteiger charge is 2.21. The van der Waals surface area contributed by atoms with Crippen molar-refractivity contribution in [3.05, 3.63) is 45.6 Å². The zero-order chi connectivity index (χ0) is 20.6. The number of carbonyl (C=O) groups excluding carboxylic acids is 1. The van der Waals surface area contributed by atoms with E-state index in [0.717, 1.165) is 43.1 Å². The maximum absolute atomic E-state index is 12.4. The van der Waals surface area contributed by atoms with E-state index in [4.69, 9.17) is 9.47 Å². The minimum Gasteiger partial charge on any atom is -0.497 e. The molecule has 1 aliphatic heterocycles. The van der Waals surface area contributed by atoms with Crippen molar-refractivity contribution in [2.45, 2.75) is 45.7 Å². The lowest BCUT2D eigenvalue weighted by molar-refractivity contribution is -0.121. The van der Waals surface area contributed by atoms with Crippen molar-refractivity contribution < 1.29 is 14.3 Å². The van der Waals surface area contributed by atoms with Crippen molar-refractivity contribution >= 4 is 17.2 Å². The van der Waals surface area contributed by atoms with E-state index in [1.165, 1.54) is 23.3 Å². The lowest BCUT2D eigenvalue weighted by atomic mass is 9.93.